The molecule has 10 nitrogen and oxygen atoms in total. The van der Waals surface area contributed by atoms with Crippen molar-refractivity contribution in [1.82, 2.24) is 10.3 Å². The molecule has 10 heteroatoms. The molecule has 1 aromatic carbocycles. The van der Waals surface area contributed by atoms with Gasteiger partial charge in [0.05, 0.1) is 7.11 Å². The second-order valence-corrected chi connectivity index (χ2v) is 8.07. The first-order chi connectivity index (χ1) is 16.6. The summed E-state index contributed by atoms with van der Waals surface area (Å²) >= 11 is 0. The highest BCUT2D eigenvalue weighted by Gasteiger charge is 2.29. The first kappa shape index (κ1) is 27.4. The highest BCUT2D eigenvalue weighted by atomic mass is 16.7. The Hall–Kier alpha value is -3.82. The van der Waals surface area contributed by atoms with Crippen molar-refractivity contribution in [2.75, 3.05) is 13.9 Å². The van der Waals surface area contributed by atoms with Crippen molar-refractivity contribution >= 4 is 17.8 Å². The number of aromatic nitrogens is 1. The average molecular weight is 489 g/mol. The fraction of sp³-hybridized carbons (Fsp3) is 0.440. The van der Waals surface area contributed by atoms with Gasteiger partial charge in [-0.1, -0.05) is 32.0 Å². The lowest BCUT2D eigenvalue weighted by atomic mass is 10.0. The van der Waals surface area contributed by atoms with Crippen molar-refractivity contribution < 1.29 is 38.1 Å². The molecule has 1 aromatic heterocycles. The van der Waals surface area contributed by atoms with E-state index in [0.29, 0.717) is 5.75 Å². The van der Waals surface area contributed by atoms with Gasteiger partial charge in [0.1, 0.15) is 24.0 Å². The number of carbonyl (C=O) groups excluding carboxylic acids is 3. The summed E-state index contributed by atoms with van der Waals surface area (Å²) in [7, 11) is 1.39. The Labute approximate surface area is 204 Å². The third-order valence-electron chi connectivity index (χ3n) is 4.91. The van der Waals surface area contributed by atoms with Crippen molar-refractivity contribution in [3.8, 4) is 17.2 Å². The zero-order valence-corrected chi connectivity index (χ0v) is 20.8. The summed E-state index contributed by atoms with van der Waals surface area (Å²) < 4.78 is 27.0. The minimum atomic E-state index is -0.996. The maximum absolute atomic E-state index is 12.9. The number of methoxy groups -OCH3 is 1. The van der Waals surface area contributed by atoms with E-state index in [9.17, 15) is 14.4 Å². The van der Waals surface area contributed by atoms with E-state index in [1.807, 2.05) is 44.2 Å². The number of nitrogens with one attached hydrogen (secondary N) is 1. The van der Waals surface area contributed by atoms with Gasteiger partial charge in [-0.2, -0.15) is 0 Å². The minimum Gasteiger partial charge on any atom is -0.493 e. The molecule has 35 heavy (non-hydrogen) atoms. The molecule has 0 fully saturated rings. The standard InChI is InChI=1S/C25H32N2O8/c1-15(2)22(35-19-10-8-7-9-11-19)17(4)34-25(30)16(3)27-24(29)21-23(33-14-32-18(5)28)20(31-6)12-13-26-21/h7-13,15-17,22H,14H2,1-6H3,(H,27,29)/t16-,17+,22+/m0/s1. The van der Waals surface area contributed by atoms with Crippen LogP contribution in [-0.2, 0) is 19.1 Å². The second-order valence-electron chi connectivity index (χ2n) is 8.07. The molecule has 0 saturated heterocycles. The average Bonchev–Trinajstić information content (AvgIpc) is 2.82. The van der Waals surface area contributed by atoms with E-state index in [-0.39, 0.29) is 23.1 Å². The summed E-state index contributed by atoms with van der Waals surface area (Å²) in [6, 6.07) is 9.75. The molecule has 1 heterocycles. The Kier molecular flexibility index (Phi) is 10.3. The quantitative estimate of drug-likeness (QED) is 0.355. The third kappa shape index (κ3) is 8.16. The fourth-order valence-corrected chi connectivity index (χ4v) is 3.17. The van der Waals surface area contributed by atoms with Crippen LogP contribution in [0.3, 0.4) is 0 Å². The Morgan fingerprint density at radius 2 is 1.71 bits per heavy atom. The lowest BCUT2D eigenvalue weighted by Crippen LogP contribution is -2.44. The highest BCUT2D eigenvalue weighted by Crippen LogP contribution is 2.29. The summed E-state index contributed by atoms with van der Waals surface area (Å²) in [5.41, 5.74) is -0.142. The maximum Gasteiger partial charge on any atom is 0.328 e. The van der Waals surface area contributed by atoms with Crippen LogP contribution in [0.15, 0.2) is 42.6 Å². The predicted molar refractivity (Wildman–Crippen MR) is 126 cm³/mol. The molecular formula is C25H32N2O8. The van der Waals surface area contributed by atoms with Crippen LogP contribution >= 0.6 is 0 Å². The number of esters is 2. The summed E-state index contributed by atoms with van der Waals surface area (Å²) in [5.74, 6) is -0.988. The zero-order valence-electron chi connectivity index (χ0n) is 20.8. The molecule has 1 N–H and O–H groups in total. The van der Waals surface area contributed by atoms with Crippen LogP contribution in [0.5, 0.6) is 17.2 Å². The van der Waals surface area contributed by atoms with Crippen molar-refractivity contribution in [2.24, 2.45) is 5.92 Å². The number of nitrogens with zero attached hydrogens (tertiary/aromatic N) is 1. The van der Waals surface area contributed by atoms with E-state index in [1.165, 1.54) is 33.2 Å². The van der Waals surface area contributed by atoms with Gasteiger partial charge >= 0.3 is 11.9 Å². The normalized spacial score (nSPS) is 13.2. The lowest BCUT2D eigenvalue weighted by molar-refractivity contribution is -0.156. The number of pyridine rings is 1. The molecule has 2 rings (SSSR count). The monoisotopic (exact) mass is 488 g/mol. The maximum atomic E-state index is 12.9. The molecule has 2 aromatic rings. The van der Waals surface area contributed by atoms with Gasteiger partial charge in [-0.3, -0.25) is 9.59 Å². The van der Waals surface area contributed by atoms with Crippen LogP contribution in [-0.4, -0.2) is 55.0 Å². The van der Waals surface area contributed by atoms with E-state index in [4.69, 9.17) is 23.7 Å². The Morgan fingerprint density at radius 1 is 1.03 bits per heavy atom. The van der Waals surface area contributed by atoms with Crippen molar-refractivity contribution in [3.63, 3.8) is 0 Å². The smallest absolute Gasteiger partial charge is 0.328 e. The molecule has 0 radical (unpaired) electrons. The Morgan fingerprint density at radius 3 is 2.31 bits per heavy atom. The molecule has 0 aliphatic heterocycles. The molecule has 1 amide bonds. The lowest BCUT2D eigenvalue weighted by Gasteiger charge is -2.29. The molecular weight excluding hydrogens is 456 g/mol. The highest BCUT2D eigenvalue weighted by molar-refractivity contribution is 5.98. The van der Waals surface area contributed by atoms with Gasteiger partial charge < -0.3 is 29.0 Å². The summed E-state index contributed by atoms with van der Waals surface area (Å²) in [5, 5.41) is 2.55. The zero-order chi connectivity index (χ0) is 26.0. The largest absolute Gasteiger partial charge is 0.493 e. The first-order valence-corrected chi connectivity index (χ1v) is 11.2. The van der Waals surface area contributed by atoms with Gasteiger partial charge in [0.2, 0.25) is 6.79 Å². The van der Waals surface area contributed by atoms with Gasteiger partial charge in [-0.15, -0.1) is 0 Å². The molecule has 0 spiro atoms. The van der Waals surface area contributed by atoms with Crippen LogP contribution in [0.4, 0.5) is 0 Å². The number of carbonyl (C=O) groups is 3. The SMILES string of the molecule is COc1ccnc(C(=O)N[C@@H](C)C(=O)O[C@H](C)[C@H](Oc2ccccc2)C(C)C)c1OCOC(C)=O. The third-order valence-corrected chi connectivity index (χ3v) is 4.91. The van der Waals surface area contributed by atoms with Gasteiger partial charge in [-0.05, 0) is 31.9 Å². The molecule has 0 aliphatic carbocycles. The topological polar surface area (TPSA) is 122 Å². The van der Waals surface area contributed by atoms with Gasteiger partial charge in [0, 0.05) is 19.2 Å². The number of rotatable bonds is 12. The minimum absolute atomic E-state index is 0.0289. The number of hydrogen-bond donors (Lipinski definition) is 1. The molecule has 190 valence electrons. The van der Waals surface area contributed by atoms with Crippen molar-refractivity contribution in [3.05, 3.63) is 48.3 Å². The Bertz CT molecular complexity index is 996. The molecule has 0 aliphatic rings. The molecule has 0 bridgehead atoms. The number of hydrogen-bond acceptors (Lipinski definition) is 9. The van der Waals surface area contributed by atoms with E-state index in [0.717, 1.165) is 0 Å². The van der Waals surface area contributed by atoms with Crippen LogP contribution in [0, 0.1) is 5.92 Å². The number of ether oxygens (including phenoxy) is 5. The van der Waals surface area contributed by atoms with E-state index < -0.39 is 42.9 Å². The predicted octanol–water partition coefficient (Wildman–Crippen LogP) is 3.14. The molecule has 3 atom stereocenters. The summed E-state index contributed by atoms with van der Waals surface area (Å²) in [6.07, 6.45) is 0.372. The first-order valence-electron chi connectivity index (χ1n) is 11.2. The van der Waals surface area contributed by atoms with Crippen molar-refractivity contribution in [2.45, 2.75) is 52.9 Å². The van der Waals surface area contributed by atoms with Gasteiger partial charge in [-0.25, -0.2) is 9.78 Å². The van der Waals surface area contributed by atoms with E-state index >= 15 is 0 Å². The van der Waals surface area contributed by atoms with Crippen LogP contribution in [0.2, 0.25) is 0 Å². The van der Waals surface area contributed by atoms with E-state index in [1.54, 1.807) is 6.92 Å². The number of benzene rings is 1. The molecule has 0 saturated carbocycles. The fourth-order valence-electron chi connectivity index (χ4n) is 3.17. The van der Waals surface area contributed by atoms with Crippen LogP contribution < -0.4 is 19.5 Å². The van der Waals surface area contributed by atoms with Gasteiger partial charge in [0.15, 0.2) is 17.2 Å². The molecule has 0 unspecified atom stereocenters. The number of para-hydroxylation sites is 1. The summed E-state index contributed by atoms with van der Waals surface area (Å²) in [6.45, 7) is 7.95. The van der Waals surface area contributed by atoms with Gasteiger partial charge in [0.25, 0.3) is 5.91 Å². The number of amides is 1. The van der Waals surface area contributed by atoms with Crippen LogP contribution in [0.25, 0.3) is 0 Å². The van der Waals surface area contributed by atoms with E-state index in [2.05, 4.69) is 10.3 Å². The Balaban J connectivity index is 2.06. The van der Waals surface area contributed by atoms with Crippen LogP contribution in [0.1, 0.15) is 45.1 Å². The summed E-state index contributed by atoms with van der Waals surface area (Å²) in [4.78, 5) is 40.6. The van der Waals surface area contributed by atoms with Crippen molar-refractivity contribution in [1.29, 1.82) is 0 Å². The second kappa shape index (κ2) is 13.2.